The Bertz CT molecular complexity index is 1010. The second kappa shape index (κ2) is 8.16. The number of carbonyl (C=O) groups excluding carboxylic acids is 1. The zero-order valence-corrected chi connectivity index (χ0v) is 16.0. The van der Waals surface area contributed by atoms with Gasteiger partial charge in [-0.3, -0.25) is 9.59 Å². The molecule has 3 rings (SSSR count). The summed E-state index contributed by atoms with van der Waals surface area (Å²) >= 11 is 0. The fraction of sp³-hybridized carbons (Fsp3) is 0.318. The molecule has 1 aromatic heterocycles. The number of hydrogen-bond acceptors (Lipinski definition) is 3. The Morgan fingerprint density at radius 1 is 1.19 bits per heavy atom. The molecule has 1 atom stereocenters. The van der Waals surface area contributed by atoms with Crippen LogP contribution < -0.4 is 10.9 Å². The minimum atomic E-state index is -0.119. The quantitative estimate of drug-likeness (QED) is 0.729. The summed E-state index contributed by atoms with van der Waals surface area (Å²) in [6, 6.07) is 15.6. The molecule has 0 aliphatic carbocycles. The molecule has 0 radical (unpaired) electrons. The maximum Gasteiger partial charge on any atom is 0.272 e. The van der Waals surface area contributed by atoms with Crippen molar-refractivity contribution in [2.75, 3.05) is 0 Å². The van der Waals surface area contributed by atoms with E-state index in [2.05, 4.69) is 22.4 Å². The van der Waals surface area contributed by atoms with Crippen LogP contribution in [-0.4, -0.2) is 21.5 Å². The normalized spacial score (nSPS) is 12.1. The van der Waals surface area contributed by atoms with Crippen LogP contribution >= 0.6 is 0 Å². The van der Waals surface area contributed by atoms with Crippen LogP contribution in [0.25, 0.3) is 11.0 Å². The fourth-order valence-electron chi connectivity index (χ4n) is 3.24. The molecule has 0 aliphatic heterocycles. The number of amides is 1. The van der Waals surface area contributed by atoms with Gasteiger partial charge in [0.05, 0.1) is 11.0 Å². The van der Waals surface area contributed by atoms with Gasteiger partial charge >= 0.3 is 0 Å². The number of aromatic nitrogens is 2. The highest BCUT2D eigenvalue weighted by Gasteiger charge is 2.13. The SMILES string of the molecule is CCn1c(=O)c(C)nc2cc(C(=O)NC(C)CCc3ccccc3)ccc21. The first-order chi connectivity index (χ1) is 13.0. The van der Waals surface area contributed by atoms with E-state index < -0.39 is 0 Å². The average molecular weight is 363 g/mol. The van der Waals surface area contributed by atoms with E-state index in [0.29, 0.717) is 23.3 Å². The van der Waals surface area contributed by atoms with Crippen LogP contribution in [0.4, 0.5) is 0 Å². The third-order valence-corrected chi connectivity index (χ3v) is 4.77. The van der Waals surface area contributed by atoms with E-state index in [1.807, 2.05) is 32.0 Å². The van der Waals surface area contributed by atoms with Gasteiger partial charge in [0.1, 0.15) is 5.69 Å². The fourth-order valence-corrected chi connectivity index (χ4v) is 3.24. The summed E-state index contributed by atoms with van der Waals surface area (Å²) < 4.78 is 1.68. The van der Waals surface area contributed by atoms with Crippen LogP contribution in [0.3, 0.4) is 0 Å². The average Bonchev–Trinajstić information content (AvgIpc) is 2.68. The highest BCUT2D eigenvalue weighted by Crippen LogP contribution is 2.14. The molecule has 0 bridgehead atoms. The Hall–Kier alpha value is -2.95. The molecular formula is C22H25N3O2. The Morgan fingerprint density at radius 3 is 2.63 bits per heavy atom. The highest BCUT2D eigenvalue weighted by molar-refractivity contribution is 5.97. The van der Waals surface area contributed by atoms with Gasteiger partial charge < -0.3 is 9.88 Å². The van der Waals surface area contributed by atoms with Gasteiger partial charge in [0.15, 0.2) is 0 Å². The van der Waals surface area contributed by atoms with Crippen LogP contribution in [0.15, 0.2) is 53.3 Å². The molecule has 1 amide bonds. The van der Waals surface area contributed by atoms with Crippen molar-refractivity contribution >= 4 is 16.9 Å². The molecule has 5 heteroatoms. The van der Waals surface area contributed by atoms with E-state index in [1.54, 1.807) is 29.7 Å². The number of fused-ring (bicyclic) bond motifs is 1. The van der Waals surface area contributed by atoms with E-state index in [1.165, 1.54) is 5.56 Å². The minimum absolute atomic E-state index is 0.0627. The van der Waals surface area contributed by atoms with E-state index >= 15 is 0 Å². The molecule has 1 unspecified atom stereocenters. The molecule has 0 fully saturated rings. The Kier molecular flexibility index (Phi) is 5.69. The predicted octanol–water partition coefficient (Wildman–Crippen LogP) is 3.48. The number of nitrogens with one attached hydrogen (secondary N) is 1. The van der Waals surface area contributed by atoms with Gasteiger partial charge in [-0.25, -0.2) is 4.98 Å². The second-order valence-electron chi connectivity index (χ2n) is 6.85. The third-order valence-electron chi connectivity index (χ3n) is 4.77. The summed E-state index contributed by atoms with van der Waals surface area (Å²) in [5, 5.41) is 3.05. The molecule has 0 aliphatic rings. The first-order valence-electron chi connectivity index (χ1n) is 9.35. The number of aryl methyl sites for hydroxylation is 3. The molecule has 27 heavy (non-hydrogen) atoms. The molecule has 5 nitrogen and oxygen atoms in total. The monoisotopic (exact) mass is 363 g/mol. The summed E-state index contributed by atoms with van der Waals surface area (Å²) in [5.74, 6) is -0.119. The summed E-state index contributed by atoms with van der Waals surface area (Å²) in [4.78, 5) is 29.2. The molecule has 3 aromatic rings. The summed E-state index contributed by atoms with van der Waals surface area (Å²) in [6.45, 7) is 6.21. The lowest BCUT2D eigenvalue weighted by atomic mass is 10.1. The maximum absolute atomic E-state index is 12.6. The van der Waals surface area contributed by atoms with Gasteiger partial charge in [-0.2, -0.15) is 0 Å². The maximum atomic E-state index is 12.6. The van der Waals surface area contributed by atoms with Gasteiger partial charge in [0, 0.05) is 18.2 Å². The van der Waals surface area contributed by atoms with Gasteiger partial charge in [0.2, 0.25) is 0 Å². The minimum Gasteiger partial charge on any atom is -0.350 e. The smallest absolute Gasteiger partial charge is 0.272 e. The number of carbonyl (C=O) groups is 1. The molecule has 1 N–H and O–H groups in total. The van der Waals surface area contributed by atoms with Gasteiger partial charge in [-0.15, -0.1) is 0 Å². The lowest BCUT2D eigenvalue weighted by Crippen LogP contribution is -2.33. The van der Waals surface area contributed by atoms with Gasteiger partial charge in [-0.1, -0.05) is 30.3 Å². The molecule has 0 saturated heterocycles. The van der Waals surface area contributed by atoms with Crippen molar-refractivity contribution < 1.29 is 4.79 Å². The van der Waals surface area contributed by atoms with Crippen LogP contribution in [0, 0.1) is 6.92 Å². The van der Waals surface area contributed by atoms with E-state index in [0.717, 1.165) is 18.4 Å². The molecule has 1 heterocycles. The van der Waals surface area contributed by atoms with Crippen molar-refractivity contribution in [2.24, 2.45) is 0 Å². The number of rotatable bonds is 6. The van der Waals surface area contributed by atoms with Crippen LogP contribution in [0.1, 0.15) is 41.9 Å². The van der Waals surface area contributed by atoms with Crippen molar-refractivity contribution in [2.45, 2.75) is 46.2 Å². The Balaban J connectivity index is 1.73. The van der Waals surface area contributed by atoms with Gasteiger partial charge in [-0.05, 0) is 57.4 Å². The van der Waals surface area contributed by atoms with Crippen LogP contribution in [-0.2, 0) is 13.0 Å². The van der Waals surface area contributed by atoms with Crippen LogP contribution in [0.2, 0.25) is 0 Å². The van der Waals surface area contributed by atoms with E-state index in [9.17, 15) is 9.59 Å². The number of hydrogen-bond donors (Lipinski definition) is 1. The molecule has 2 aromatic carbocycles. The summed E-state index contributed by atoms with van der Waals surface area (Å²) in [5.41, 5.74) is 3.60. The highest BCUT2D eigenvalue weighted by atomic mass is 16.1. The van der Waals surface area contributed by atoms with Crippen molar-refractivity contribution in [1.29, 1.82) is 0 Å². The Labute approximate surface area is 159 Å². The molecular weight excluding hydrogens is 338 g/mol. The number of benzene rings is 2. The lowest BCUT2D eigenvalue weighted by molar-refractivity contribution is 0.0938. The Morgan fingerprint density at radius 2 is 1.93 bits per heavy atom. The predicted molar refractivity (Wildman–Crippen MR) is 108 cm³/mol. The van der Waals surface area contributed by atoms with Gasteiger partial charge in [0.25, 0.3) is 11.5 Å². The van der Waals surface area contributed by atoms with E-state index in [-0.39, 0.29) is 17.5 Å². The van der Waals surface area contributed by atoms with Crippen molar-refractivity contribution in [1.82, 2.24) is 14.9 Å². The summed E-state index contributed by atoms with van der Waals surface area (Å²) in [6.07, 6.45) is 1.79. The molecule has 0 spiro atoms. The third kappa shape index (κ3) is 4.25. The van der Waals surface area contributed by atoms with E-state index in [4.69, 9.17) is 0 Å². The topological polar surface area (TPSA) is 64.0 Å². The number of nitrogens with zero attached hydrogens (tertiary/aromatic N) is 2. The molecule has 140 valence electrons. The first kappa shape index (κ1) is 18.8. The second-order valence-corrected chi connectivity index (χ2v) is 6.85. The zero-order chi connectivity index (χ0) is 19.4. The van der Waals surface area contributed by atoms with Crippen molar-refractivity contribution in [3.8, 4) is 0 Å². The standard InChI is InChI=1S/C22H25N3O2/c1-4-25-20-13-12-18(14-19(20)24-16(3)22(25)27)21(26)23-15(2)10-11-17-8-6-5-7-9-17/h5-9,12-15H,4,10-11H2,1-3H3,(H,23,26). The van der Waals surface area contributed by atoms with Crippen LogP contribution in [0.5, 0.6) is 0 Å². The largest absolute Gasteiger partial charge is 0.350 e. The zero-order valence-electron chi connectivity index (χ0n) is 16.0. The van der Waals surface area contributed by atoms with Crippen molar-refractivity contribution in [3.05, 3.63) is 75.7 Å². The summed E-state index contributed by atoms with van der Waals surface area (Å²) in [7, 11) is 0. The molecule has 0 saturated carbocycles. The van der Waals surface area contributed by atoms with Crippen molar-refractivity contribution in [3.63, 3.8) is 0 Å². The lowest BCUT2D eigenvalue weighted by Gasteiger charge is -2.15. The first-order valence-corrected chi connectivity index (χ1v) is 9.35.